The van der Waals surface area contributed by atoms with Crippen molar-refractivity contribution in [3.05, 3.63) is 59.7 Å². The number of rotatable bonds is 3. The zero-order valence-corrected chi connectivity index (χ0v) is 16.5. The van der Waals surface area contributed by atoms with E-state index in [1.807, 2.05) is 36.4 Å². The van der Waals surface area contributed by atoms with Gasteiger partial charge in [0.2, 0.25) is 0 Å². The largest absolute Gasteiger partial charge is 0.480 e. The van der Waals surface area contributed by atoms with Gasteiger partial charge in [-0.3, -0.25) is 9.69 Å². The van der Waals surface area contributed by atoms with Gasteiger partial charge in [0.25, 0.3) is 0 Å². The van der Waals surface area contributed by atoms with Crippen LogP contribution in [0.2, 0.25) is 0 Å². The Labute approximate surface area is 174 Å². The van der Waals surface area contributed by atoms with Gasteiger partial charge in [0.05, 0.1) is 0 Å². The van der Waals surface area contributed by atoms with Crippen molar-refractivity contribution in [2.24, 2.45) is 11.8 Å². The summed E-state index contributed by atoms with van der Waals surface area (Å²) in [4.78, 5) is 38.0. The van der Waals surface area contributed by atoms with Crippen molar-refractivity contribution in [1.29, 1.82) is 0 Å². The molecule has 3 unspecified atom stereocenters. The van der Waals surface area contributed by atoms with Crippen molar-refractivity contribution in [2.45, 2.75) is 31.2 Å². The SMILES string of the molecule is O=C1CCC2C(C1)CN(C(=O)OCC1c3ccccc3-c3ccccc31)C2C(=O)O. The summed E-state index contributed by atoms with van der Waals surface area (Å²) >= 11 is 0. The quantitative estimate of drug-likeness (QED) is 0.842. The number of carboxylic acids is 1. The second kappa shape index (κ2) is 7.27. The molecule has 2 aliphatic carbocycles. The molecule has 154 valence electrons. The van der Waals surface area contributed by atoms with Gasteiger partial charge in [0.1, 0.15) is 18.4 Å². The molecule has 2 aromatic carbocycles. The summed E-state index contributed by atoms with van der Waals surface area (Å²) in [7, 11) is 0. The smallest absolute Gasteiger partial charge is 0.410 e. The molecule has 0 spiro atoms. The summed E-state index contributed by atoms with van der Waals surface area (Å²) in [6.07, 6.45) is 0.657. The monoisotopic (exact) mass is 405 g/mol. The normalized spacial score (nSPS) is 24.9. The van der Waals surface area contributed by atoms with Crippen molar-refractivity contribution in [3.8, 4) is 11.1 Å². The summed E-state index contributed by atoms with van der Waals surface area (Å²) in [5.41, 5.74) is 4.51. The van der Waals surface area contributed by atoms with Gasteiger partial charge in [-0.2, -0.15) is 0 Å². The van der Waals surface area contributed by atoms with Crippen molar-refractivity contribution in [2.75, 3.05) is 13.2 Å². The maximum atomic E-state index is 12.9. The third-order valence-electron chi connectivity index (χ3n) is 6.85. The van der Waals surface area contributed by atoms with E-state index in [0.29, 0.717) is 19.3 Å². The molecule has 1 aliphatic heterocycles. The number of amides is 1. The molecule has 3 atom stereocenters. The Morgan fingerprint density at radius 3 is 2.30 bits per heavy atom. The Balaban J connectivity index is 1.35. The molecule has 0 aromatic heterocycles. The zero-order valence-electron chi connectivity index (χ0n) is 16.5. The van der Waals surface area contributed by atoms with Gasteiger partial charge in [-0.1, -0.05) is 48.5 Å². The fourth-order valence-electron chi connectivity index (χ4n) is 5.50. The van der Waals surface area contributed by atoms with Crippen LogP contribution in [0.5, 0.6) is 0 Å². The Hall–Kier alpha value is -3.15. The molecular weight excluding hydrogens is 382 g/mol. The molecule has 0 bridgehead atoms. The number of nitrogens with zero attached hydrogens (tertiary/aromatic N) is 1. The van der Waals surface area contributed by atoms with E-state index < -0.39 is 18.1 Å². The number of ketones is 1. The van der Waals surface area contributed by atoms with Gasteiger partial charge in [0, 0.05) is 25.3 Å². The molecule has 1 amide bonds. The number of ether oxygens (including phenoxy) is 1. The standard InChI is InChI=1S/C24H23NO5/c26-15-9-10-16-14(11-15)12-25(22(16)23(27)28)24(29)30-13-21-19-7-3-1-5-17(19)18-6-2-4-8-20(18)21/h1-8,14,16,21-22H,9-13H2,(H,27,28). The van der Waals surface area contributed by atoms with Crippen LogP contribution in [0.25, 0.3) is 11.1 Å². The van der Waals surface area contributed by atoms with Crippen LogP contribution < -0.4 is 0 Å². The van der Waals surface area contributed by atoms with Gasteiger partial charge in [-0.25, -0.2) is 9.59 Å². The van der Waals surface area contributed by atoms with Crippen LogP contribution in [-0.2, 0) is 14.3 Å². The maximum absolute atomic E-state index is 12.9. The van der Waals surface area contributed by atoms with Crippen molar-refractivity contribution in [3.63, 3.8) is 0 Å². The van der Waals surface area contributed by atoms with E-state index in [0.717, 1.165) is 22.3 Å². The number of carbonyl (C=O) groups is 3. The highest BCUT2D eigenvalue weighted by Gasteiger charge is 2.50. The number of carbonyl (C=O) groups excluding carboxylic acids is 2. The summed E-state index contributed by atoms with van der Waals surface area (Å²) in [6.45, 7) is 0.425. The Morgan fingerprint density at radius 2 is 1.67 bits per heavy atom. The van der Waals surface area contributed by atoms with Crippen LogP contribution in [0.4, 0.5) is 4.79 Å². The summed E-state index contributed by atoms with van der Waals surface area (Å²) in [5.74, 6) is -1.22. The van der Waals surface area contributed by atoms with E-state index >= 15 is 0 Å². The second-order valence-corrected chi connectivity index (χ2v) is 8.44. The fourth-order valence-corrected chi connectivity index (χ4v) is 5.50. The molecule has 0 radical (unpaired) electrons. The number of likely N-dealkylation sites (tertiary alicyclic amines) is 1. The lowest BCUT2D eigenvalue weighted by molar-refractivity contribution is -0.143. The van der Waals surface area contributed by atoms with Crippen LogP contribution in [0.3, 0.4) is 0 Å². The summed E-state index contributed by atoms with van der Waals surface area (Å²) in [5, 5.41) is 9.74. The molecule has 3 aliphatic rings. The number of carboxylic acid groups (broad SMARTS) is 1. The third-order valence-corrected chi connectivity index (χ3v) is 6.85. The number of hydrogen-bond acceptors (Lipinski definition) is 4. The van der Waals surface area contributed by atoms with E-state index in [4.69, 9.17) is 4.74 Å². The average Bonchev–Trinajstić information content (AvgIpc) is 3.28. The lowest BCUT2D eigenvalue weighted by Gasteiger charge is -2.26. The molecule has 1 saturated heterocycles. The first-order valence-corrected chi connectivity index (χ1v) is 10.4. The van der Waals surface area contributed by atoms with Crippen LogP contribution in [0.1, 0.15) is 36.3 Å². The highest BCUT2D eigenvalue weighted by molar-refractivity contribution is 5.84. The summed E-state index contributed by atoms with van der Waals surface area (Å²) in [6, 6.07) is 15.2. The Bertz CT molecular complexity index is 986. The molecule has 30 heavy (non-hydrogen) atoms. The van der Waals surface area contributed by atoms with E-state index in [1.54, 1.807) is 0 Å². The molecule has 1 N–H and O–H groups in total. The van der Waals surface area contributed by atoms with E-state index in [9.17, 15) is 19.5 Å². The highest BCUT2D eigenvalue weighted by Crippen LogP contribution is 2.45. The molecule has 5 rings (SSSR count). The number of aliphatic carboxylic acids is 1. The lowest BCUT2D eigenvalue weighted by atomic mass is 9.78. The number of Topliss-reactive ketones (excluding diaryl/α,β-unsaturated/α-hetero) is 1. The topological polar surface area (TPSA) is 83.9 Å². The van der Waals surface area contributed by atoms with Crippen LogP contribution >= 0.6 is 0 Å². The highest BCUT2D eigenvalue weighted by atomic mass is 16.6. The minimum atomic E-state index is -1.02. The molecule has 1 saturated carbocycles. The van der Waals surface area contributed by atoms with Gasteiger partial charge >= 0.3 is 12.1 Å². The molecule has 6 nitrogen and oxygen atoms in total. The molecular formula is C24H23NO5. The van der Waals surface area contributed by atoms with Crippen molar-refractivity contribution < 1.29 is 24.2 Å². The van der Waals surface area contributed by atoms with E-state index in [2.05, 4.69) is 12.1 Å². The fraction of sp³-hybridized carbons (Fsp3) is 0.375. The van der Waals surface area contributed by atoms with Crippen molar-refractivity contribution >= 4 is 17.8 Å². The second-order valence-electron chi connectivity index (χ2n) is 8.44. The first kappa shape index (κ1) is 18.9. The first-order chi connectivity index (χ1) is 14.5. The van der Waals surface area contributed by atoms with Crippen LogP contribution in [0, 0.1) is 11.8 Å². The minimum absolute atomic E-state index is 0.0731. The van der Waals surface area contributed by atoms with Crippen LogP contribution in [-0.4, -0.2) is 47.0 Å². The Morgan fingerprint density at radius 1 is 1.03 bits per heavy atom. The number of fused-ring (bicyclic) bond motifs is 4. The van der Waals surface area contributed by atoms with Gasteiger partial charge in [-0.05, 0) is 40.5 Å². The van der Waals surface area contributed by atoms with Crippen LogP contribution in [0.15, 0.2) is 48.5 Å². The van der Waals surface area contributed by atoms with E-state index in [1.165, 1.54) is 4.90 Å². The third kappa shape index (κ3) is 2.98. The summed E-state index contributed by atoms with van der Waals surface area (Å²) < 4.78 is 5.68. The van der Waals surface area contributed by atoms with E-state index in [-0.39, 0.29) is 36.7 Å². The van der Waals surface area contributed by atoms with Gasteiger partial charge < -0.3 is 9.84 Å². The molecule has 6 heteroatoms. The predicted octanol–water partition coefficient (Wildman–Crippen LogP) is 3.69. The first-order valence-electron chi connectivity index (χ1n) is 10.4. The maximum Gasteiger partial charge on any atom is 0.410 e. The molecule has 2 aromatic rings. The minimum Gasteiger partial charge on any atom is -0.480 e. The molecule has 2 fully saturated rings. The predicted molar refractivity (Wildman–Crippen MR) is 109 cm³/mol. The number of hydrogen-bond donors (Lipinski definition) is 1. The zero-order chi connectivity index (χ0) is 20.8. The number of benzene rings is 2. The van der Waals surface area contributed by atoms with Gasteiger partial charge in [-0.15, -0.1) is 0 Å². The molecule has 1 heterocycles. The van der Waals surface area contributed by atoms with Crippen molar-refractivity contribution in [1.82, 2.24) is 4.90 Å². The van der Waals surface area contributed by atoms with Gasteiger partial charge in [0.15, 0.2) is 0 Å². The average molecular weight is 405 g/mol. The Kier molecular flexibility index (Phi) is 4.57. The lowest BCUT2D eigenvalue weighted by Crippen LogP contribution is -2.44.